The van der Waals surface area contributed by atoms with Gasteiger partial charge in [-0.1, -0.05) is 0 Å². The van der Waals surface area contributed by atoms with Gasteiger partial charge in [0, 0.05) is 19.2 Å². The molecule has 0 unspecified atom stereocenters. The Balaban J connectivity index is 2.33. The van der Waals surface area contributed by atoms with Gasteiger partial charge in [-0.25, -0.2) is 0 Å². The number of hydrogen-bond donors (Lipinski definition) is 1. The maximum atomic E-state index is 5.85. The number of hydrogen-bond acceptors (Lipinski definition) is 4. The normalized spacial score (nSPS) is 16.2. The first kappa shape index (κ1) is 8.81. The van der Waals surface area contributed by atoms with Crippen LogP contribution in [0.25, 0.3) is 0 Å². The Hall–Kier alpha value is -0.770. The van der Waals surface area contributed by atoms with E-state index in [1.54, 1.807) is 0 Å². The summed E-state index contributed by atoms with van der Waals surface area (Å²) in [6.45, 7) is 3.16. The minimum absolute atomic E-state index is 0.697. The second-order valence-corrected chi connectivity index (χ2v) is 4.33. The lowest BCUT2D eigenvalue weighted by Gasteiger charge is -2.15. The molecule has 1 saturated carbocycles. The number of rotatable bonds is 3. The highest BCUT2D eigenvalue weighted by Crippen LogP contribution is 2.48. The lowest BCUT2D eigenvalue weighted by Crippen LogP contribution is -2.15. The molecule has 0 radical (unpaired) electrons. The van der Waals surface area contributed by atoms with E-state index in [-0.39, 0.29) is 0 Å². The Kier molecular flexibility index (Phi) is 2.15. The molecule has 0 bridgehead atoms. The fourth-order valence-corrected chi connectivity index (χ4v) is 2.40. The summed E-state index contributed by atoms with van der Waals surface area (Å²) in [5, 5.41) is 1.27. The van der Waals surface area contributed by atoms with Crippen LogP contribution in [0.1, 0.15) is 31.2 Å². The fourth-order valence-electron chi connectivity index (χ4n) is 1.48. The van der Waals surface area contributed by atoms with Crippen molar-refractivity contribution >= 4 is 22.4 Å². The van der Waals surface area contributed by atoms with Crippen LogP contribution in [0.2, 0.25) is 0 Å². The molecule has 0 aromatic carbocycles. The average molecular weight is 197 g/mol. The number of nitrogens with zero attached hydrogens (tertiary/aromatic N) is 2. The summed E-state index contributed by atoms with van der Waals surface area (Å²) < 4.78 is 4.22. The van der Waals surface area contributed by atoms with Gasteiger partial charge in [0.1, 0.15) is 10.8 Å². The van der Waals surface area contributed by atoms with Gasteiger partial charge >= 0.3 is 0 Å². The molecule has 72 valence electrons. The van der Waals surface area contributed by atoms with Gasteiger partial charge in [-0.05, 0) is 37.2 Å². The standard InChI is InChI=1S/C9H15N3S/c1-3-12(2)9-7(6-4-5-6)8(10)11-13-9/h6H,3-5H2,1-2H3,(H2,10,11). The molecular formula is C9H15N3S. The van der Waals surface area contributed by atoms with Crippen molar-refractivity contribution < 1.29 is 0 Å². The van der Waals surface area contributed by atoms with Crippen LogP contribution in [0.5, 0.6) is 0 Å². The first-order chi connectivity index (χ1) is 6.24. The summed E-state index contributed by atoms with van der Waals surface area (Å²) in [4.78, 5) is 2.22. The van der Waals surface area contributed by atoms with Crippen LogP contribution < -0.4 is 10.6 Å². The molecule has 3 nitrogen and oxygen atoms in total. The van der Waals surface area contributed by atoms with E-state index in [2.05, 4.69) is 23.2 Å². The highest BCUT2D eigenvalue weighted by atomic mass is 32.1. The third kappa shape index (κ3) is 1.50. The van der Waals surface area contributed by atoms with Crippen LogP contribution >= 0.6 is 11.5 Å². The van der Waals surface area contributed by atoms with E-state index in [4.69, 9.17) is 5.73 Å². The van der Waals surface area contributed by atoms with E-state index in [1.165, 1.54) is 34.9 Å². The van der Waals surface area contributed by atoms with E-state index in [9.17, 15) is 0 Å². The minimum Gasteiger partial charge on any atom is -0.383 e. The number of nitrogen functional groups attached to an aromatic ring is 1. The number of aromatic nitrogens is 1. The van der Waals surface area contributed by atoms with Crippen LogP contribution in [0.3, 0.4) is 0 Å². The molecule has 2 N–H and O–H groups in total. The Morgan fingerprint density at radius 1 is 1.62 bits per heavy atom. The first-order valence-electron chi connectivity index (χ1n) is 4.70. The van der Waals surface area contributed by atoms with E-state index in [1.807, 2.05) is 0 Å². The van der Waals surface area contributed by atoms with Crippen molar-refractivity contribution in [3.8, 4) is 0 Å². The monoisotopic (exact) mass is 197 g/mol. The van der Waals surface area contributed by atoms with Crippen molar-refractivity contribution in [1.29, 1.82) is 0 Å². The first-order valence-corrected chi connectivity index (χ1v) is 5.47. The maximum absolute atomic E-state index is 5.85. The third-order valence-electron chi connectivity index (χ3n) is 2.54. The Morgan fingerprint density at radius 3 is 2.85 bits per heavy atom. The predicted octanol–water partition coefficient (Wildman–Crippen LogP) is 2.06. The summed E-state index contributed by atoms with van der Waals surface area (Å²) in [7, 11) is 2.10. The molecule has 1 aliphatic rings. The average Bonchev–Trinajstić information content (AvgIpc) is 2.89. The molecule has 0 saturated heterocycles. The highest BCUT2D eigenvalue weighted by Gasteiger charge is 2.31. The zero-order valence-corrected chi connectivity index (χ0v) is 8.90. The van der Waals surface area contributed by atoms with E-state index < -0.39 is 0 Å². The van der Waals surface area contributed by atoms with E-state index >= 15 is 0 Å². The van der Waals surface area contributed by atoms with E-state index in [0.29, 0.717) is 5.92 Å². The Morgan fingerprint density at radius 2 is 2.31 bits per heavy atom. The topological polar surface area (TPSA) is 42.2 Å². The van der Waals surface area contributed by atoms with Gasteiger partial charge in [-0.3, -0.25) is 0 Å². The molecule has 0 aliphatic heterocycles. The van der Waals surface area contributed by atoms with Crippen LogP contribution in [0.4, 0.5) is 10.8 Å². The van der Waals surface area contributed by atoms with E-state index in [0.717, 1.165) is 12.4 Å². The van der Waals surface area contributed by atoms with Crippen molar-refractivity contribution in [2.24, 2.45) is 0 Å². The van der Waals surface area contributed by atoms with Gasteiger partial charge in [-0.15, -0.1) is 0 Å². The minimum atomic E-state index is 0.697. The molecule has 0 atom stereocenters. The summed E-state index contributed by atoms with van der Waals surface area (Å²) in [5.74, 6) is 1.45. The van der Waals surface area contributed by atoms with Crippen molar-refractivity contribution in [3.05, 3.63) is 5.56 Å². The van der Waals surface area contributed by atoms with Gasteiger partial charge in [0.25, 0.3) is 0 Å². The number of anilines is 2. The largest absolute Gasteiger partial charge is 0.383 e. The van der Waals surface area contributed by atoms with Crippen molar-refractivity contribution in [2.75, 3.05) is 24.2 Å². The van der Waals surface area contributed by atoms with Crippen molar-refractivity contribution in [2.45, 2.75) is 25.7 Å². The molecule has 0 spiro atoms. The van der Waals surface area contributed by atoms with Crippen molar-refractivity contribution in [1.82, 2.24) is 4.37 Å². The fraction of sp³-hybridized carbons (Fsp3) is 0.667. The van der Waals surface area contributed by atoms with Gasteiger partial charge in [0.05, 0.1) is 0 Å². The predicted molar refractivity (Wildman–Crippen MR) is 57.4 cm³/mol. The summed E-state index contributed by atoms with van der Waals surface area (Å²) in [5.41, 5.74) is 7.15. The quantitative estimate of drug-likeness (QED) is 0.806. The lowest BCUT2D eigenvalue weighted by molar-refractivity contribution is 0.963. The second kappa shape index (κ2) is 3.18. The van der Waals surface area contributed by atoms with Crippen molar-refractivity contribution in [3.63, 3.8) is 0 Å². The maximum Gasteiger partial charge on any atom is 0.142 e. The molecule has 2 rings (SSSR count). The molecule has 1 heterocycles. The van der Waals surface area contributed by atoms with Crippen LogP contribution in [-0.4, -0.2) is 18.0 Å². The lowest BCUT2D eigenvalue weighted by atomic mass is 10.2. The van der Waals surface area contributed by atoms with Gasteiger partial charge in [0.2, 0.25) is 0 Å². The Bertz CT molecular complexity index is 304. The summed E-state index contributed by atoms with van der Waals surface area (Å²) in [6.07, 6.45) is 2.57. The van der Waals surface area contributed by atoms with Crippen LogP contribution in [0, 0.1) is 0 Å². The van der Waals surface area contributed by atoms with Crippen LogP contribution in [0.15, 0.2) is 0 Å². The molecule has 13 heavy (non-hydrogen) atoms. The molecule has 1 aliphatic carbocycles. The summed E-state index contributed by atoms with van der Waals surface area (Å²) in [6, 6.07) is 0. The smallest absolute Gasteiger partial charge is 0.142 e. The van der Waals surface area contributed by atoms with Crippen LogP contribution in [-0.2, 0) is 0 Å². The van der Waals surface area contributed by atoms with Gasteiger partial charge in [-0.2, -0.15) is 4.37 Å². The molecule has 4 heteroatoms. The second-order valence-electron chi connectivity index (χ2n) is 3.58. The zero-order valence-electron chi connectivity index (χ0n) is 8.08. The third-order valence-corrected chi connectivity index (χ3v) is 3.54. The molecule has 1 aromatic rings. The van der Waals surface area contributed by atoms with Gasteiger partial charge < -0.3 is 10.6 Å². The molecular weight excluding hydrogens is 182 g/mol. The highest BCUT2D eigenvalue weighted by molar-refractivity contribution is 7.10. The summed E-state index contributed by atoms with van der Waals surface area (Å²) >= 11 is 1.53. The molecule has 1 fully saturated rings. The zero-order chi connectivity index (χ0) is 9.42. The number of nitrogens with two attached hydrogens (primary N) is 1. The SMILES string of the molecule is CCN(C)c1snc(N)c1C1CC1. The molecule has 0 amide bonds. The molecule has 1 aromatic heterocycles. The van der Waals surface area contributed by atoms with Gasteiger partial charge in [0.15, 0.2) is 0 Å². The Labute approximate surface area is 82.7 Å².